The zero-order valence-electron chi connectivity index (χ0n) is 20.3. The first-order valence-electron chi connectivity index (χ1n) is 11.5. The molecule has 0 fully saturated rings. The zero-order valence-corrected chi connectivity index (χ0v) is 21.1. The van der Waals surface area contributed by atoms with Gasteiger partial charge in [-0.05, 0) is 66.0 Å². The second-order valence-electron chi connectivity index (χ2n) is 9.78. The Kier molecular flexibility index (Phi) is 7.03. The summed E-state index contributed by atoms with van der Waals surface area (Å²) >= 11 is 1.54. The van der Waals surface area contributed by atoms with Gasteiger partial charge in [0, 0.05) is 28.9 Å². The van der Waals surface area contributed by atoms with Crippen LogP contribution in [0.2, 0.25) is 0 Å². The maximum atomic E-state index is 13.5. The minimum absolute atomic E-state index is 0.00455. The molecule has 1 amide bonds. The van der Waals surface area contributed by atoms with Crippen LogP contribution in [-0.4, -0.2) is 24.2 Å². The SMILES string of the molecule is COc1ccc(NC(=O)c2c(N=Cc3cccc([N+](=O)[O-])c3)sc3c2CC[C@H](C(C)(C)C)C3)cc1. The lowest BCUT2D eigenvalue weighted by molar-refractivity contribution is -0.384. The van der Waals surface area contributed by atoms with Crippen LogP contribution in [0.4, 0.5) is 16.4 Å². The topological polar surface area (TPSA) is 93.8 Å². The van der Waals surface area contributed by atoms with Gasteiger partial charge in [0.2, 0.25) is 0 Å². The molecule has 1 aliphatic carbocycles. The molecule has 1 N–H and O–H groups in total. The van der Waals surface area contributed by atoms with Crippen LogP contribution < -0.4 is 10.1 Å². The number of aliphatic imine (C=N–C) groups is 1. The van der Waals surface area contributed by atoms with Crippen LogP contribution in [0, 0.1) is 21.4 Å². The molecule has 4 rings (SSSR count). The van der Waals surface area contributed by atoms with Gasteiger partial charge in [-0.25, -0.2) is 4.99 Å². The van der Waals surface area contributed by atoms with Crippen LogP contribution in [0.3, 0.4) is 0 Å². The average Bonchev–Trinajstić information content (AvgIpc) is 3.20. The van der Waals surface area contributed by atoms with Gasteiger partial charge in [0.05, 0.1) is 17.6 Å². The first-order valence-corrected chi connectivity index (χ1v) is 12.4. The van der Waals surface area contributed by atoms with Gasteiger partial charge in [-0.3, -0.25) is 14.9 Å². The molecule has 7 nitrogen and oxygen atoms in total. The van der Waals surface area contributed by atoms with Crippen molar-refractivity contribution in [1.29, 1.82) is 0 Å². The van der Waals surface area contributed by atoms with Crippen molar-refractivity contribution in [2.45, 2.75) is 40.0 Å². The van der Waals surface area contributed by atoms with E-state index in [-0.39, 0.29) is 17.0 Å². The number of nitrogens with one attached hydrogen (secondary N) is 1. The molecule has 0 aliphatic heterocycles. The molecular weight excluding hydrogens is 462 g/mol. The predicted octanol–water partition coefficient (Wildman–Crippen LogP) is 6.82. The van der Waals surface area contributed by atoms with Crippen molar-refractivity contribution in [3.05, 3.63) is 80.2 Å². The number of non-ortho nitro benzene ring substituents is 1. The molecule has 0 saturated heterocycles. The number of hydrogen-bond donors (Lipinski definition) is 1. The largest absolute Gasteiger partial charge is 0.497 e. The van der Waals surface area contributed by atoms with Crippen molar-refractivity contribution in [3.8, 4) is 5.75 Å². The second kappa shape index (κ2) is 10.00. The van der Waals surface area contributed by atoms with Gasteiger partial charge in [-0.15, -0.1) is 11.3 Å². The number of thiophene rings is 1. The summed E-state index contributed by atoms with van der Waals surface area (Å²) in [5.41, 5.74) is 3.12. The van der Waals surface area contributed by atoms with Crippen molar-refractivity contribution in [2.75, 3.05) is 12.4 Å². The molecule has 1 heterocycles. The monoisotopic (exact) mass is 491 g/mol. The molecular formula is C27H29N3O4S. The van der Waals surface area contributed by atoms with Crippen molar-refractivity contribution >= 4 is 39.8 Å². The molecule has 1 aliphatic rings. The number of anilines is 1. The summed E-state index contributed by atoms with van der Waals surface area (Å²) < 4.78 is 5.20. The van der Waals surface area contributed by atoms with Crippen molar-refractivity contribution in [1.82, 2.24) is 0 Å². The third kappa shape index (κ3) is 5.59. The molecule has 0 saturated carbocycles. The number of amides is 1. The summed E-state index contributed by atoms with van der Waals surface area (Å²) in [6.07, 6.45) is 4.35. The summed E-state index contributed by atoms with van der Waals surface area (Å²) in [6.45, 7) is 6.78. The number of nitrogens with zero attached hydrogens (tertiary/aromatic N) is 2. The highest BCUT2D eigenvalue weighted by Gasteiger charge is 2.33. The molecule has 2 aromatic carbocycles. The Morgan fingerprint density at radius 3 is 2.63 bits per heavy atom. The van der Waals surface area contributed by atoms with E-state index in [1.165, 1.54) is 17.0 Å². The number of fused-ring (bicyclic) bond motifs is 1. The quantitative estimate of drug-likeness (QED) is 0.233. The third-order valence-electron chi connectivity index (χ3n) is 6.46. The number of hydrogen-bond acceptors (Lipinski definition) is 6. The summed E-state index contributed by atoms with van der Waals surface area (Å²) in [5.74, 6) is 1.04. The molecule has 35 heavy (non-hydrogen) atoms. The Bertz CT molecular complexity index is 1270. The van der Waals surface area contributed by atoms with Crippen LogP contribution in [0.25, 0.3) is 0 Å². The predicted molar refractivity (Wildman–Crippen MR) is 141 cm³/mol. The van der Waals surface area contributed by atoms with Crippen LogP contribution in [0.15, 0.2) is 53.5 Å². The fourth-order valence-corrected chi connectivity index (χ4v) is 5.62. The number of benzene rings is 2. The lowest BCUT2D eigenvalue weighted by atomic mass is 9.72. The molecule has 1 aromatic heterocycles. The normalized spacial score (nSPS) is 15.6. The maximum Gasteiger partial charge on any atom is 0.270 e. The lowest BCUT2D eigenvalue weighted by Crippen LogP contribution is -2.27. The first kappa shape index (κ1) is 24.6. The minimum Gasteiger partial charge on any atom is -0.497 e. The number of nitro benzene ring substituents is 1. The zero-order chi connectivity index (χ0) is 25.2. The number of methoxy groups -OCH3 is 1. The van der Waals surface area contributed by atoms with E-state index < -0.39 is 4.92 Å². The van der Waals surface area contributed by atoms with Crippen molar-refractivity contribution < 1.29 is 14.5 Å². The number of carbonyl (C=O) groups is 1. The van der Waals surface area contributed by atoms with E-state index in [1.54, 1.807) is 61.1 Å². The molecule has 1 atom stereocenters. The van der Waals surface area contributed by atoms with Gasteiger partial charge in [0.15, 0.2) is 0 Å². The van der Waals surface area contributed by atoms with Gasteiger partial charge in [-0.1, -0.05) is 32.9 Å². The minimum atomic E-state index is -0.429. The Hall–Kier alpha value is -3.52. The highest BCUT2D eigenvalue weighted by Crippen LogP contribution is 2.45. The Balaban J connectivity index is 1.69. The van der Waals surface area contributed by atoms with Crippen LogP contribution in [0.1, 0.15) is 53.6 Å². The molecule has 8 heteroatoms. The van der Waals surface area contributed by atoms with Gasteiger partial charge in [-0.2, -0.15) is 0 Å². The molecule has 0 radical (unpaired) electrons. The molecule has 3 aromatic rings. The van der Waals surface area contributed by atoms with Crippen LogP contribution >= 0.6 is 11.3 Å². The molecule has 0 unspecified atom stereocenters. The number of carbonyl (C=O) groups excluding carboxylic acids is 1. The van der Waals surface area contributed by atoms with E-state index in [2.05, 4.69) is 31.1 Å². The fourth-order valence-electron chi connectivity index (χ4n) is 4.36. The number of ether oxygens (including phenoxy) is 1. The van der Waals surface area contributed by atoms with Gasteiger partial charge >= 0.3 is 0 Å². The van der Waals surface area contributed by atoms with E-state index in [1.807, 2.05) is 0 Å². The second-order valence-corrected chi connectivity index (χ2v) is 10.9. The summed E-state index contributed by atoms with van der Waals surface area (Å²) in [5, 5.41) is 14.8. The number of rotatable bonds is 6. The maximum absolute atomic E-state index is 13.5. The Labute approximate surface area is 209 Å². The summed E-state index contributed by atoms with van der Waals surface area (Å²) in [6, 6.07) is 13.5. The highest BCUT2D eigenvalue weighted by molar-refractivity contribution is 7.16. The van der Waals surface area contributed by atoms with Crippen LogP contribution in [0.5, 0.6) is 5.75 Å². The Morgan fingerprint density at radius 2 is 1.97 bits per heavy atom. The van der Waals surface area contributed by atoms with E-state index in [0.717, 1.165) is 24.8 Å². The van der Waals surface area contributed by atoms with Gasteiger partial charge in [0.25, 0.3) is 11.6 Å². The fraction of sp³-hybridized carbons (Fsp3) is 0.333. The van der Waals surface area contributed by atoms with Gasteiger partial charge in [0.1, 0.15) is 10.8 Å². The summed E-state index contributed by atoms with van der Waals surface area (Å²) in [4.78, 5) is 30.0. The standard InChI is InChI=1S/C27H29N3O4S/c1-27(2,3)18-8-13-22-23(15-18)35-26(28-16-17-6-5-7-20(14-17)30(32)33)24(22)25(31)29-19-9-11-21(34-4)12-10-19/h5-7,9-12,14,16,18H,8,13,15H2,1-4H3,(H,29,31)/t18-/m0/s1. The third-order valence-corrected chi connectivity index (χ3v) is 7.62. The smallest absolute Gasteiger partial charge is 0.270 e. The molecule has 182 valence electrons. The van der Waals surface area contributed by atoms with E-state index in [0.29, 0.717) is 33.5 Å². The van der Waals surface area contributed by atoms with E-state index >= 15 is 0 Å². The van der Waals surface area contributed by atoms with Crippen LogP contribution in [-0.2, 0) is 12.8 Å². The molecule has 0 spiro atoms. The summed E-state index contributed by atoms with van der Waals surface area (Å²) in [7, 11) is 1.60. The molecule has 0 bridgehead atoms. The van der Waals surface area contributed by atoms with E-state index in [9.17, 15) is 14.9 Å². The van der Waals surface area contributed by atoms with Crippen molar-refractivity contribution in [2.24, 2.45) is 16.3 Å². The number of nitro groups is 1. The lowest BCUT2D eigenvalue weighted by Gasteiger charge is -2.33. The van der Waals surface area contributed by atoms with Gasteiger partial charge < -0.3 is 10.1 Å². The Morgan fingerprint density at radius 1 is 1.23 bits per heavy atom. The van der Waals surface area contributed by atoms with Crippen molar-refractivity contribution in [3.63, 3.8) is 0 Å². The van der Waals surface area contributed by atoms with E-state index in [4.69, 9.17) is 4.74 Å². The average molecular weight is 492 g/mol. The highest BCUT2D eigenvalue weighted by atomic mass is 32.1. The first-order chi connectivity index (χ1) is 16.7.